The van der Waals surface area contributed by atoms with Gasteiger partial charge in [-0.05, 0) is 24.5 Å². The topological polar surface area (TPSA) is 49.5 Å². The lowest BCUT2D eigenvalue weighted by molar-refractivity contribution is 0.135. The van der Waals surface area contributed by atoms with Crippen molar-refractivity contribution >= 4 is 0 Å². The SMILES string of the molecule is CCC(CC)N(CCO)Cc1cc(CN)ccc1F. The van der Waals surface area contributed by atoms with E-state index in [0.717, 1.165) is 18.4 Å². The minimum atomic E-state index is -0.203. The Kier molecular flexibility index (Phi) is 6.99. The second-order valence-electron chi connectivity index (χ2n) is 4.79. The summed E-state index contributed by atoms with van der Waals surface area (Å²) in [5.41, 5.74) is 7.19. The van der Waals surface area contributed by atoms with Gasteiger partial charge >= 0.3 is 0 Å². The maximum absolute atomic E-state index is 13.8. The molecule has 3 nitrogen and oxygen atoms in total. The van der Waals surface area contributed by atoms with Gasteiger partial charge in [-0.2, -0.15) is 0 Å². The molecule has 0 saturated heterocycles. The summed E-state index contributed by atoms with van der Waals surface area (Å²) in [5, 5.41) is 9.17. The largest absolute Gasteiger partial charge is 0.395 e. The van der Waals surface area contributed by atoms with E-state index in [9.17, 15) is 4.39 Å². The van der Waals surface area contributed by atoms with Crippen molar-refractivity contribution in [2.75, 3.05) is 13.2 Å². The van der Waals surface area contributed by atoms with E-state index in [4.69, 9.17) is 10.8 Å². The van der Waals surface area contributed by atoms with Gasteiger partial charge in [0.1, 0.15) is 5.82 Å². The van der Waals surface area contributed by atoms with Crippen LogP contribution in [0.5, 0.6) is 0 Å². The monoisotopic (exact) mass is 268 g/mol. The fraction of sp³-hybridized carbons (Fsp3) is 0.600. The maximum Gasteiger partial charge on any atom is 0.127 e. The highest BCUT2D eigenvalue weighted by Crippen LogP contribution is 2.17. The fourth-order valence-electron chi connectivity index (χ4n) is 2.42. The molecule has 1 aromatic rings. The molecule has 0 heterocycles. The van der Waals surface area contributed by atoms with E-state index in [-0.39, 0.29) is 12.4 Å². The molecule has 1 aromatic carbocycles. The van der Waals surface area contributed by atoms with E-state index in [0.29, 0.717) is 31.2 Å². The van der Waals surface area contributed by atoms with Gasteiger partial charge in [0.25, 0.3) is 0 Å². The minimum Gasteiger partial charge on any atom is -0.395 e. The number of halogens is 1. The van der Waals surface area contributed by atoms with Gasteiger partial charge < -0.3 is 10.8 Å². The number of aliphatic hydroxyl groups excluding tert-OH is 1. The van der Waals surface area contributed by atoms with E-state index in [2.05, 4.69) is 18.7 Å². The zero-order valence-electron chi connectivity index (χ0n) is 11.9. The van der Waals surface area contributed by atoms with Crippen LogP contribution in [0.3, 0.4) is 0 Å². The Hall–Kier alpha value is -0.970. The number of hydrogen-bond donors (Lipinski definition) is 2. The van der Waals surface area contributed by atoms with Crippen molar-refractivity contribution in [3.05, 3.63) is 35.1 Å². The van der Waals surface area contributed by atoms with Crippen molar-refractivity contribution in [1.29, 1.82) is 0 Å². The van der Waals surface area contributed by atoms with Gasteiger partial charge in [-0.3, -0.25) is 4.90 Å². The Labute approximate surface area is 115 Å². The van der Waals surface area contributed by atoms with E-state index < -0.39 is 0 Å². The molecular formula is C15H25FN2O. The lowest BCUT2D eigenvalue weighted by Gasteiger charge is -2.30. The molecule has 0 aromatic heterocycles. The zero-order chi connectivity index (χ0) is 14.3. The normalized spacial score (nSPS) is 11.5. The Balaban J connectivity index is 2.88. The lowest BCUT2D eigenvalue weighted by atomic mass is 10.1. The first-order valence-electron chi connectivity index (χ1n) is 6.98. The molecule has 4 heteroatoms. The van der Waals surface area contributed by atoms with Crippen LogP contribution in [0, 0.1) is 5.82 Å². The Morgan fingerprint density at radius 1 is 1.32 bits per heavy atom. The van der Waals surface area contributed by atoms with Gasteiger partial charge in [0.15, 0.2) is 0 Å². The molecule has 0 spiro atoms. The van der Waals surface area contributed by atoms with Gasteiger partial charge in [-0.15, -0.1) is 0 Å². The first kappa shape index (κ1) is 16.1. The van der Waals surface area contributed by atoms with Gasteiger partial charge in [-0.1, -0.05) is 26.0 Å². The van der Waals surface area contributed by atoms with E-state index in [1.165, 1.54) is 6.07 Å². The summed E-state index contributed by atoms with van der Waals surface area (Å²) in [6, 6.07) is 5.38. The molecule has 19 heavy (non-hydrogen) atoms. The quantitative estimate of drug-likeness (QED) is 0.760. The summed E-state index contributed by atoms with van der Waals surface area (Å²) >= 11 is 0. The number of nitrogens with two attached hydrogens (primary N) is 1. The van der Waals surface area contributed by atoms with Gasteiger partial charge in [0.05, 0.1) is 6.61 Å². The molecule has 0 bridgehead atoms. The third-order valence-electron chi connectivity index (χ3n) is 3.57. The van der Waals surface area contributed by atoms with Crippen LogP contribution in [0.4, 0.5) is 4.39 Å². The summed E-state index contributed by atoms with van der Waals surface area (Å²) in [6.45, 7) is 5.83. The molecule has 0 amide bonds. The molecule has 0 aliphatic rings. The van der Waals surface area contributed by atoms with Gasteiger partial charge in [-0.25, -0.2) is 4.39 Å². The average molecular weight is 268 g/mol. The van der Waals surface area contributed by atoms with Crippen LogP contribution in [-0.4, -0.2) is 29.2 Å². The zero-order valence-corrected chi connectivity index (χ0v) is 11.9. The lowest BCUT2D eigenvalue weighted by Crippen LogP contribution is -2.36. The van der Waals surface area contributed by atoms with Crippen LogP contribution in [0.25, 0.3) is 0 Å². The third-order valence-corrected chi connectivity index (χ3v) is 3.57. The molecule has 0 unspecified atom stereocenters. The molecule has 0 aliphatic carbocycles. The molecule has 3 N–H and O–H groups in total. The van der Waals surface area contributed by atoms with Crippen LogP contribution in [0.1, 0.15) is 37.8 Å². The van der Waals surface area contributed by atoms with Crippen LogP contribution in [0.2, 0.25) is 0 Å². The molecule has 1 rings (SSSR count). The summed E-state index contributed by atoms with van der Waals surface area (Å²) in [5.74, 6) is -0.203. The smallest absolute Gasteiger partial charge is 0.127 e. The standard InChI is InChI=1S/C15H25FN2O/c1-3-14(4-2)18(7-8-19)11-13-9-12(10-17)5-6-15(13)16/h5-6,9,14,19H,3-4,7-8,10-11,17H2,1-2H3. The Morgan fingerprint density at radius 2 is 2.00 bits per heavy atom. The molecule has 0 aliphatic heterocycles. The summed E-state index contributed by atoms with van der Waals surface area (Å²) in [6.07, 6.45) is 1.99. The Morgan fingerprint density at radius 3 is 2.53 bits per heavy atom. The Bertz CT molecular complexity index is 380. The summed E-state index contributed by atoms with van der Waals surface area (Å²) in [4.78, 5) is 2.14. The maximum atomic E-state index is 13.8. The van der Waals surface area contributed by atoms with Crippen LogP contribution < -0.4 is 5.73 Å². The summed E-state index contributed by atoms with van der Waals surface area (Å²) in [7, 11) is 0. The predicted octanol–water partition coefficient (Wildman–Crippen LogP) is 2.27. The molecule has 0 saturated carbocycles. The minimum absolute atomic E-state index is 0.0920. The van der Waals surface area contributed by atoms with Crippen molar-refractivity contribution in [3.8, 4) is 0 Å². The average Bonchev–Trinajstić information content (AvgIpc) is 2.42. The second kappa shape index (κ2) is 8.25. The van der Waals surface area contributed by atoms with Crippen LogP contribution in [0.15, 0.2) is 18.2 Å². The van der Waals surface area contributed by atoms with E-state index >= 15 is 0 Å². The molecule has 0 fully saturated rings. The molecule has 0 atom stereocenters. The first-order valence-corrected chi connectivity index (χ1v) is 6.98. The van der Waals surface area contributed by atoms with Crippen LogP contribution in [-0.2, 0) is 13.1 Å². The highest BCUT2D eigenvalue weighted by Gasteiger charge is 2.16. The number of hydrogen-bond acceptors (Lipinski definition) is 3. The van der Waals surface area contributed by atoms with Crippen molar-refractivity contribution in [2.45, 2.75) is 45.8 Å². The van der Waals surface area contributed by atoms with Crippen molar-refractivity contribution in [1.82, 2.24) is 4.90 Å². The number of aliphatic hydroxyl groups is 1. The van der Waals surface area contributed by atoms with Crippen LogP contribution >= 0.6 is 0 Å². The molecular weight excluding hydrogens is 243 g/mol. The third kappa shape index (κ3) is 4.56. The fourth-order valence-corrected chi connectivity index (χ4v) is 2.42. The van der Waals surface area contributed by atoms with Gasteiger partial charge in [0, 0.05) is 31.2 Å². The van der Waals surface area contributed by atoms with Crippen molar-refractivity contribution in [2.24, 2.45) is 5.73 Å². The van der Waals surface area contributed by atoms with E-state index in [1.54, 1.807) is 6.07 Å². The molecule has 108 valence electrons. The number of rotatable bonds is 8. The highest BCUT2D eigenvalue weighted by molar-refractivity contribution is 5.25. The van der Waals surface area contributed by atoms with E-state index in [1.807, 2.05) is 6.07 Å². The predicted molar refractivity (Wildman–Crippen MR) is 76.2 cm³/mol. The summed E-state index contributed by atoms with van der Waals surface area (Å²) < 4.78 is 13.8. The number of nitrogens with zero attached hydrogens (tertiary/aromatic N) is 1. The number of benzene rings is 1. The van der Waals surface area contributed by atoms with Crippen molar-refractivity contribution in [3.63, 3.8) is 0 Å². The highest BCUT2D eigenvalue weighted by atomic mass is 19.1. The molecule has 0 radical (unpaired) electrons. The van der Waals surface area contributed by atoms with Gasteiger partial charge in [0.2, 0.25) is 0 Å². The first-order chi connectivity index (χ1) is 9.15. The van der Waals surface area contributed by atoms with Crippen molar-refractivity contribution < 1.29 is 9.50 Å². The second-order valence-corrected chi connectivity index (χ2v) is 4.79.